The second-order valence-electron chi connectivity index (χ2n) is 6.91. The highest BCUT2D eigenvalue weighted by Gasteiger charge is 2.32. The van der Waals surface area contributed by atoms with Crippen LogP contribution in [0, 0.1) is 0 Å². The van der Waals surface area contributed by atoms with Gasteiger partial charge in [-0.1, -0.05) is 60.7 Å². The highest BCUT2D eigenvalue weighted by molar-refractivity contribution is 7.99. The van der Waals surface area contributed by atoms with E-state index in [0.29, 0.717) is 12.4 Å². The summed E-state index contributed by atoms with van der Waals surface area (Å²) in [5.74, 6) is 0.583. The van der Waals surface area contributed by atoms with Crippen molar-refractivity contribution in [2.24, 2.45) is 0 Å². The molecule has 0 bridgehead atoms. The number of aliphatic carboxylic acids is 1. The number of rotatable bonds is 7. The molecule has 2 N–H and O–H groups in total. The third-order valence-electron chi connectivity index (χ3n) is 4.98. The van der Waals surface area contributed by atoms with E-state index in [9.17, 15) is 9.90 Å². The Morgan fingerprint density at radius 1 is 1.07 bits per heavy atom. The highest BCUT2D eigenvalue weighted by Crippen LogP contribution is 2.41. The van der Waals surface area contributed by atoms with Crippen molar-refractivity contribution < 1.29 is 14.6 Å². The van der Waals surface area contributed by atoms with Gasteiger partial charge in [-0.3, -0.25) is 10.1 Å². The normalized spacial score (nSPS) is 19.0. The van der Waals surface area contributed by atoms with Gasteiger partial charge in [0.2, 0.25) is 0 Å². The van der Waals surface area contributed by atoms with Gasteiger partial charge in [0, 0.05) is 11.3 Å². The molecular formula is C23H23NO3S. The Hall–Kier alpha value is -2.50. The van der Waals surface area contributed by atoms with Gasteiger partial charge in [0.1, 0.15) is 11.8 Å². The molecule has 0 aromatic heterocycles. The van der Waals surface area contributed by atoms with Crippen LogP contribution in [-0.4, -0.2) is 29.5 Å². The van der Waals surface area contributed by atoms with Crippen LogP contribution in [0.2, 0.25) is 0 Å². The maximum absolute atomic E-state index is 11.4. The average Bonchev–Trinajstić information content (AvgIpc) is 3.22. The zero-order valence-electron chi connectivity index (χ0n) is 15.5. The van der Waals surface area contributed by atoms with Crippen molar-refractivity contribution in [3.05, 3.63) is 77.9 Å². The molecule has 1 aliphatic rings. The molecule has 4 rings (SSSR count). The van der Waals surface area contributed by atoms with Gasteiger partial charge in [-0.05, 0) is 35.2 Å². The number of thioether (sulfide) groups is 1. The third-order valence-corrected chi connectivity index (χ3v) is 6.21. The quantitative estimate of drug-likeness (QED) is 0.573. The van der Waals surface area contributed by atoms with Gasteiger partial charge in [0.05, 0.1) is 12.0 Å². The summed E-state index contributed by atoms with van der Waals surface area (Å²) in [6.07, 6.45) is 1.90. The number of aryl methyl sites for hydroxylation is 1. The molecule has 3 aromatic carbocycles. The second kappa shape index (κ2) is 8.67. The fourth-order valence-corrected chi connectivity index (χ4v) is 4.85. The smallest absolute Gasteiger partial charge is 0.321 e. The Balaban J connectivity index is 1.53. The van der Waals surface area contributed by atoms with Crippen LogP contribution >= 0.6 is 11.8 Å². The van der Waals surface area contributed by atoms with Crippen molar-refractivity contribution in [1.82, 2.24) is 5.32 Å². The standard InChI is InChI=1S/C23H23NO3S/c25-23(26)19-15-28-22(24-19)21-18-11-5-4-10-17(18)12-13-20(21)27-14-6-9-16-7-2-1-3-8-16/h1-5,7-8,10-13,19,22,24H,6,9,14-15H2,(H,25,26). The van der Waals surface area contributed by atoms with Gasteiger partial charge in [-0.25, -0.2) is 0 Å². The van der Waals surface area contributed by atoms with Crippen molar-refractivity contribution in [3.63, 3.8) is 0 Å². The Morgan fingerprint density at radius 2 is 1.86 bits per heavy atom. The lowest BCUT2D eigenvalue weighted by atomic mass is 10.0. The van der Waals surface area contributed by atoms with Gasteiger partial charge in [0.15, 0.2) is 0 Å². The SMILES string of the molecule is O=C(O)C1CSC(c2c(OCCCc3ccccc3)ccc3ccccc23)N1. The molecule has 0 amide bonds. The van der Waals surface area contributed by atoms with Gasteiger partial charge < -0.3 is 9.84 Å². The Morgan fingerprint density at radius 3 is 2.64 bits per heavy atom. The van der Waals surface area contributed by atoms with Crippen molar-refractivity contribution in [2.45, 2.75) is 24.3 Å². The van der Waals surface area contributed by atoms with Crippen molar-refractivity contribution >= 4 is 28.5 Å². The van der Waals surface area contributed by atoms with Crippen molar-refractivity contribution in [1.29, 1.82) is 0 Å². The van der Waals surface area contributed by atoms with E-state index < -0.39 is 12.0 Å². The number of carboxylic acid groups (broad SMARTS) is 1. The van der Waals surface area contributed by atoms with E-state index in [-0.39, 0.29) is 5.37 Å². The molecular weight excluding hydrogens is 370 g/mol. The first-order chi connectivity index (χ1) is 13.7. The van der Waals surface area contributed by atoms with Gasteiger partial charge in [-0.15, -0.1) is 11.8 Å². The second-order valence-corrected chi connectivity index (χ2v) is 8.05. The molecule has 4 nitrogen and oxygen atoms in total. The number of benzene rings is 3. The first-order valence-corrected chi connectivity index (χ1v) is 10.6. The van der Waals surface area contributed by atoms with Crippen LogP contribution in [0.5, 0.6) is 5.75 Å². The van der Waals surface area contributed by atoms with Crippen LogP contribution in [0.25, 0.3) is 10.8 Å². The van der Waals surface area contributed by atoms with E-state index >= 15 is 0 Å². The molecule has 0 spiro atoms. The maximum Gasteiger partial charge on any atom is 0.321 e. The fraction of sp³-hybridized carbons (Fsp3) is 0.261. The largest absolute Gasteiger partial charge is 0.493 e. The van der Waals surface area contributed by atoms with Crippen LogP contribution in [0.15, 0.2) is 66.7 Å². The van der Waals surface area contributed by atoms with E-state index in [1.165, 1.54) is 5.56 Å². The molecule has 1 saturated heterocycles. The molecule has 5 heteroatoms. The summed E-state index contributed by atoms with van der Waals surface area (Å²) >= 11 is 1.63. The van der Waals surface area contributed by atoms with Crippen LogP contribution in [0.3, 0.4) is 0 Å². The van der Waals surface area contributed by atoms with Crippen LogP contribution < -0.4 is 10.1 Å². The van der Waals surface area contributed by atoms with E-state index in [0.717, 1.165) is 34.9 Å². The summed E-state index contributed by atoms with van der Waals surface area (Å²) in [6.45, 7) is 0.625. The molecule has 28 heavy (non-hydrogen) atoms. The Labute approximate surface area is 168 Å². The number of nitrogens with one attached hydrogen (secondary N) is 1. The molecule has 2 atom stereocenters. The number of carbonyl (C=O) groups is 1. The predicted octanol–water partition coefficient (Wildman–Crippen LogP) is 4.64. The van der Waals surface area contributed by atoms with E-state index in [4.69, 9.17) is 4.74 Å². The number of hydrogen-bond acceptors (Lipinski definition) is 4. The average molecular weight is 394 g/mol. The van der Waals surface area contributed by atoms with E-state index in [2.05, 4.69) is 47.8 Å². The fourth-order valence-electron chi connectivity index (χ4n) is 3.56. The zero-order valence-corrected chi connectivity index (χ0v) is 16.3. The Bertz CT molecular complexity index is 960. The monoisotopic (exact) mass is 393 g/mol. The molecule has 1 aliphatic heterocycles. The molecule has 2 unspecified atom stereocenters. The van der Waals surface area contributed by atoms with Gasteiger partial charge >= 0.3 is 5.97 Å². The molecule has 1 heterocycles. The van der Waals surface area contributed by atoms with Crippen molar-refractivity contribution in [2.75, 3.05) is 12.4 Å². The predicted molar refractivity (Wildman–Crippen MR) is 114 cm³/mol. The van der Waals surface area contributed by atoms with Crippen LogP contribution in [-0.2, 0) is 11.2 Å². The minimum absolute atomic E-state index is 0.0867. The summed E-state index contributed by atoms with van der Waals surface area (Å²) in [6, 6.07) is 22.1. The first kappa shape index (κ1) is 18.8. The molecule has 0 radical (unpaired) electrons. The van der Waals surface area contributed by atoms with Crippen LogP contribution in [0.4, 0.5) is 0 Å². The summed E-state index contributed by atoms with van der Waals surface area (Å²) < 4.78 is 6.17. The summed E-state index contributed by atoms with van der Waals surface area (Å²) in [4.78, 5) is 11.4. The number of fused-ring (bicyclic) bond motifs is 1. The minimum atomic E-state index is -0.805. The summed E-state index contributed by atoms with van der Waals surface area (Å²) in [7, 11) is 0. The number of carboxylic acids is 1. The highest BCUT2D eigenvalue weighted by atomic mass is 32.2. The molecule has 1 fully saturated rings. The summed E-state index contributed by atoms with van der Waals surface area (Å²) in [5, 5.41) is 14.7. The molecule has 3 aromatic rings. The van der Waals surface area contributed by atoms with E-state index in [1.807, 2.05) is 24.3 Å². The van der Waals surface area contributed by atoms with Gasteiger partial charge in [0.25, 0.3) is 0 Å². The first-order valence-electron chi connectivity index (χ1n) is 9.51. The topological polar surface area (TPSA) is 58.6 Å². The third kappa shape index (κ3) is 4.16. The number of ether oxygens (including phenoxy) is 1. The molecule has 144 valence electrons. The maximum atomic E-state index is 11.4. The lowest BCUT2D eigenvalue weighted by Gasteiger charge is -2.19. The zero-order chi connectivity index (χ0) is 19.3. The molecule has 0 aliphatic carbocycles. The van der Waals surface area contributed by atoms with Gasteiger partial charge in [-0.2, -0.15) is 0 Å². The molecule has 0 saturated carbocycles. The number of hydrogen-bond donors (Lipinski definition) is 2. The Kier molecular flexibility index (Phi) is 5.84. The lowest BCUT2D eigenvalue weighted by Crippen LogP contribution is -2.33. The van der Waals surface area contributed by atoms with E-state index in [1.54, 1.807) is 11.8 Å². The summed E-state index contributed by atoms with van der Waals surface area (Å²) in [5.41, 5.74) is 2.36. The minimum Gasteiger partial charge on any atom is -0.493 e. The lowest BCUT2D eigenvalue weighted by molar-refractivity contribution is -0.138. The van der Waals surface area contributed by atoms with Crippen LogP contribution in [0.1, 0.15) is 22.9 Å². The van der Waals surface area contributed by atoms with Crippen molar-refractivity contribution in [3.8, 4) is 5.75 Å².